The zero-order valence-corrected chi connectivity index (χ0v) is 9.52. The van der Waals surface area contributed by atoms with E-state index < -0.39 is 14.6 Å². The van der Waals surface area contributed by atoms with Crippen molar-refractivity contribution in [1.29, 1.82) is 0 Å². The van der Waals surface area contributed by atoms with Crippen molar-refractivity contribution < 1.29 is 8.42 Å². The zero-order valence-electron chi connectivity index (χ0n) is 8.71. The summed E-state index contributed by atoms with van der Waals surface area (Å²) in [4.78, 5) is 2.20. The zero-order chi connectivity index (χ0) is 10.1. The molecule has 1 fully saturated rings. The Morgan fingerprint density at radius 1 is 1.31 bits per heavy atom. The van der Waals surface area contributed by atoms with Gasteiger partial charge in [0.05, 0.1) is 10.5 Å². The van der Waals surface area contributed by atoms with E-state index in [1.54, 1.807) is 0 Å². The lowest BCUT2D eigenvalue weighted by Gasteiger charge is -2.21. The summed E-state index contributed by atoms with van der Waals surface area (Å²) < 4.78 is 23.0. The minimum Gasteiger partial charge on any atom is -0.303 e. The Morgan fingerprint density at radius 2 is 1.92 bits per heavy atom. The van der Waals surface area contributed by atoms with Crippen molar-refractivity contribution in [2.24, 2.45) is 0 Å². The molecule has 13 heavy (non-hydrogen) atoms. The first-order chi connectivity index (χ1) is 5.89. The Hall–Kier alpha value is -0.0900. The van der Waals surface area contributed by atoms with Gasteiger partial charge in [-0.1, -0.05) is 6.92 Å². The largest absolute Gasteiger partial charge is 0.303 e. The molecule has 0 atom stereocenters. The van der Waals surface area contributed by atoms with Crippen LogP contribution < -0.4 is 0 Å². The molecule has 0 aromatic rings. The van der Waals surface area contributed by atoms with Gasteiger partial charge >= 0.3 is 0 Å². The van der Waals surface area contributed by atoms with E-state index in [0.29, 0.717) is 12.3 Å². The van der Waals surface area contributed by atoms with Gasteiger partial charge in [0.15, 0.2) is 9.84 Å². The second-order valence-corrected chi connectivity index (χ2v) is 7.01. The van der Waals surface area contributed by atoms with Gasteiger partial charge in [-0.25, -0.2) is 8.42 Å². The van der Waals surface area contributed by atoms with Crippen LogP contribution in [-0.4, -0.2) is 43.5 Å². The average Bonchev–Trinajstić information content (AvgIpc) is 2.12. The third kappa shape index (κ3) is 2.23. The first-order valence-electron chi connectivity index (χ1n) is 4.84. The molecule has 0 aromatic carbocycles. The molecule has 0 bridgehead atoms. The maximum Gasteiger partial charge on any atom is 0.156 e. The SMILES string of the molecule is CCN1CCC(C)(C)S(=O)(=O)CC1. The lowest BCUT2D eigenvalue weighted by molar-refractivity contribution is 0.299. The van der Waals surface area contributed by atoms with Crippen LogP contribution in [-0.2, 0) is 9.84 Å². The summed E-state index contributed by atoms with van der Waals surface area (Å²) in [6.45, 7) is 8.30. The van der Waals surface area contributed by atoms with E-state index in [0.717, 1.165) is 19.5 Å². The Balaban J connectivity index is 2.82. The number of nitrogens with zero attached hydrogens (tertiary/aromatic N) is 1. The molecule has 0 unspecified atom stereocenters. The number of hydrogen-bond acceptors (Lipinski definition) is 3. The standard InChI is InChI=1S/C9H19NO2S/c1-4-10-6-5-9(2,3)13(11,12)8-7-10/h4-8H2,1-3H3. The topological polar surface area (TPSA) is 37.4 Å². The van der Waals surface area contributed by atoms with E-state index in [9.17, 15) is 8.42 Å². The highest BCUT2D eigenvalue weighted by Crippen LogP contribution is 2.24. The van der Waals surface area contributed by atoms with Crippen LogP contribution in [0.5, 0.6) is 0 Å². The van der Waals surface area contributed by atoms with Crippen molar-refractivity contribution in [2.45, 2.75) is 31.9 Å². The van der Waals surface area contributed by atoms with E-state index in [2.05, 4.69) is 11.8 Å². The van der Waals surface area contributed by atoms with E-state index in [4.69, 9.17) is 0 Å². The van der Waals surface area contributed by atoms with E-state index in [-0.39, 0.29) is 0 Å². The Bertz CT molecular complexity index is 269. The fourth-order valence-corrected chi connectivity index (χ4v) is 2.99. The molecule has 1 heterocycles. The van der Waals surface area contributed by atoms with Crippen molar-refractivity contribution in [3.8, 4) is 0 Å². The van der Waals surface area contributed by atoms with Gasteiger partial charge in [0, 0.05) is 6.54 Å². The summed E-state index contributed by atoms with van der Waals surface area (Å²) in [6.07, 6.45) is 0.753. The summed E-state index contributed by atoms with van der Waals surface area (Å²) in [5.41, 5.74) is 0. The van der Waals surface area contributed by atoms with Gasteiger partial charge in [-0.2, -0.15) is 0 Å². The maximum absolute atomic E-state index is 11.8. The molecule has 1 aliphatic heterocycles. The molecule has 3 nitrogen and oxygen atoms in total. The molecule has 0 amide bonds. The Kier molecular flexibility index (Phi) is 3.02. The summed E-state index contributed by atoms with van der Waals surface area (Å²) in [7, 11) is -2.88. The maximum atomic E-state index is 11.8. The first kappa shape index (κ1) is 11.0. The molecule has 0 saturated carbocycles. The molecule has 1 rings (SSSR count). The number of rotatable bonds is 1. The van der Waals surface area contributed by atoms with Crippen molar-refractivity contribution in [3.63, 3.8) is 0 Å². The van der Waals surface area contributed by atoms with Gasteiger partial charge in [-0.05, 0) is 33.4 Å². The smallest absolute Gasteiger partial charge is 0.156 e. The molecule has 0 N–H and O–H groups in total. The van der Waals surface area contributed by atoms with E-state index in [1.165, 1.54) is 0 Å². The summed E-state index contributed by atoms with van der Waals surface area (Å²) in [5, 5.41) is 0. The van der Waals surface area contributed by atoms with Gasteiger partial charge in [-0.3, -0.25) is 0 Å². The third-order valence-corrected chi connectivity index (χ3v) is 5.60. The van der Waals surface area contributed by atoms with Crippen molar-refractivity contribution in [3.05, 3.63) is 0 Å². The van der Waals surface area contributed by atoms with Gasteiger partial charge in [-0.15, -0.1) is 0 Å². The molecule has 4 heteroatoms. The lowest BCUT2D eigenvalue weighted by Crippen LogP contribution is -2.33. The van der Waals surface area contributed by atoms with Gasteiger partial charge in [0.1, 0.15) is 0 Å². The second-order valence-electron chi connectivity index (χ2n) is 4.26. The average molecular weight is 205 g/mol. The van der Waals surface area contributed by atoms with Gasteiger partial charge in [0.25, 0.3) is 0 Å². The predicted molar refractivity (Wildman–Crippen MR) is 54.6 cm³/mol. The fourth-order valence-electron chi connectivity index (χ4n) is 1.54. The summed E-state index contributed by atoms with van der Waals surface area (Å²) in [6, 6.07) is 0. The van der Waals surface area contributed by atoms with Crippen LogP contribution in [0.2, 0.25) is 0 Å². The highest BCUT2D eigenvalue weighted by Gasteiger charge is 2.36. The van der Waals surface area contributed by atoms with Crippen LogP contribution in [0.15, 0.2) is 0 Å². The molecular weight excluding hydrogens is 186 g/mol. The highest BCUT2D eigenvalue weighted by molar-refractivity contribution is 7.92. The second kappa shape index (κ2) is 3.58. The third-order valence-electron chi connectivity index (χ3n) is 3.00. The minimum atomic E-state index is -2.88. The molecule has 0 spiro atoms. The number of hydrogen-bond donors (Lipinski definition) is 0. The lowest BCUT2D eigenvalue weighted by atomic mass is 10.1. The molecule has 1 aliphatic rings. The molecule has 1 saturated heterocycles. The van der Waals surface area contributed by atoms with Gasteiger partial charge < -0.3 is 4.90 Å². The molecule has 0 radical (unpaired) electrons. The molecule has 78 valence electrons. The predicted octanol–water partition coefficient (Wildman–Crippen LogP) is 0.905. The number of sulfone groups is 1. The monoisotopic (exact) mass is 205 g/mol. The van der Waals surface area contributed by atoms with Crippen LogP contribution in [0, 0.1) is 0 Å². The molecule has 0 aromatic heterocycles. The highest BCUT2D eigenvalue weighted by atomic mass is 32.2. The summed E-state index contributed by atoms with van der Waals surface area (Å²) in [5.74, 6) is 0.313. The van der Waals surface area contributed by atoms with E-state index in [1.807, 2.05) is 13.8 Å². The van der Waals surface area contributed by atoms with Crippen LogP contribution in [0.3, 0.4) is 0 Å². The van der Waals surface area contributed by atoms with Crippen LogP contribution in [0.4, 0.5) is 0 Å². The minimum absolute atomic E-state index is 0.313. The van der Waals surface area contributed by atoms with Crippen LogP contribution >= 0.6 is 0 Å². The quantitative estimate of drug-likeness (QED) is 0.638. The first-order valence-corrected chi connectivity index (χ1v) is 6.49. The van der Waals surface area contributed by atoms with E-state index >= 15 is 0 Å². The normalized spacial score (nSPS) is 28.2. The van der Waals surface area contributed by atoms with Crippen molar-refractivity contribution >= 4 is 9.84 Å². The molecular formula is C9H19NO2S. The van der Waals surface area contributed by atoms with Gasteiger partial charge in [0.2, 0.25) is 0 Å². The van der Waals surface area contributed by atoms with Crippen LogP contribution in [0.1, 0.15) is 27.2 Å². The van der Waals surface area contributed by atoms with Crippen LogP contribution in [0.25, 0.3) is 0 Å². The summed E-state index contributed by atoms with van der Waals surface area (Å²) >= 11 is 0. The Morgan fingerprint density at radius 3 is 2.46 bits per heavy atom. The molecule has 0 aliphatic carbocycles. The van der Waals surface area contributed by atoms with Crippen molar-refractivity contribution in [2.75, 3.05) is 25.4 Å². The van der Waals surface area contributed by atoms with Crippen molar-refractivity contribution in [1.82, 2.24) is 4.90 Å². The fraction of sp³-hybridized carbons (Fsp3) is 1.00. The Labute approximate surface area is 81.0 Å².